The number of amides is 1. The standard InChI is InChI=1S/C18H27N3O2/c1-21-15-6-7-16(21)9-14(8-15)20-18(23)17(10-19)13-4-2-12(11-22)3-5-13/h2-5,14-17,22H,6-11,19H2,1H3,(H,20,23)/t14?,15?,16?,17-/m1/s1. The first-order valence-electron chi connectivity index (χ1n) is 8.54. The minimum Gasteiger partial charge on any atom is -0.392 e. The first-order valence-corrected chi connectivity index (χ1v) is 8.54. The summed E-state index contributed by atoms with van der Waals surface area (Å²) in [5, 5.41) is 12.3. The summed E-state index contributed by atoms with van der Waals surface area (Å²) in [6.07, 6.45) is 4.58. The molecule has 2 fully saturated rings. The van der Waals surface area contributed by atoms with Crippen molar-refractivity contribution in [3.63, 3.8) is 0 Å². The number of piperidine rings is 1. The van der Waals surface area contributed by atoms with E-state index < -0.39 is 0 Å². The quantitative estimate of drug-likeness (QED) is 0.756. The summed E-state index contributed by atoms with van der Waals surface area (Å²) < 4.78 is 0. The lowest BCUT2D eigenvalue weighted by atomic mass is 9.94. The van der Waals surface area contributed by atoms with Crippen LogP contribution in [-0.4, -0.2) is 47.6 Å². The normalized spacial score (nSPS) is 28.6. The highest BCUT2D eigenvalue weighted by molar-refractivity contribution is 5.84. The van der Waals surface area contributed by atoms with Gasteiger partial charge in [-0.15, -0.1) is 0 Å². The van der Waals surface area contributed by atoms with Crippen molar-refractivity contribution in [1.82, 2.24) is 10.2 Å². The van der Waals surface area contributed by atoms with E-state index in [1.807, 2.05) is 24.3 Å². The minimum absolute atomic E-state index is 0.0120. The highest BCUT2D eigenvalue weighted by Gasteiger charge is 2.39. The Balaban J connectivity index is 1.63. The van der Waals surface area contributed by atoms with Crippen LogP contribution in [0.4, 0.5) is 0 Å². The summed E-state index contributed by atoms with van der Waals surface area (Å²) in [6.45, 7) is 0.307. The molecule has 2 unspecified atom stereocenters. The zero-order valence-corrected chi connectivity index (χ0v) is 13.7. The molecule has 1 aromatic rings. The van der Waals surface area contributed by atoms with Crippen molar-refractivity contribution in [1.29, 1.82) is 0 Å². The van der Waals surface area contributed by atoms with Gasteiger partial charge in [-0.1, -0.05) is 24.3 Å². The van der Waals surface area contributed by atoms with Crippen molar-refractivity contribution in [3.05, 3.63) is 35.4 Å². The zero-order chi connectivity index (χ0) is 16.4. The predicted octanol–water partition coefficient (Wildman–Crippen LogP) is 0.963. The first kappa shape index (κ1) is 16.4. The lowest BCUT2D eigenvalue weighted by Gasteiger charge is -2.37. The zero-order valence-electron chi connectivity index (χ0n) is 13.7. The van der Waals surface area contributed by atoms with Gasteiger partial charge in [0.25, 0.3) is 0 Å². The van der Waals surface area contributed by atoms with Gasteiger partial charge >= 0.3 is 0 Å². The molecule has 0 saturated carbocycles. The van der Waals surface area contributed by atoms with Gasteiger partial charge in [0.05, 0.1) is 12.5 Å². The van der Waals surface area contributed by atoms with Crippen LogP contribution in [0.25, 0.3) is 0 Å². The molecule has 2 aliphatic rings. The Bertz CT molecular complexity index is 532. The van der Waals surface area contributed by atoms with E-state index in [2.05, 4.69) is 17.3 Å². The van der Waals surface area contributed by atoms with Crippen LogP contribution >= 0.6 is 0 Å². The molecule has 23 heavy (non-hydrogen) atoms. The van der Waals surface area contributed by atoms with E-state index in [9.17, 15) is 4.79 Å². The van der Waals surface area contributed by atoms with E-state index in [1.54, 1.807) is 0 Å². The molecular formula is C18H27N3O2. The number of benzene rings is 1. The Morgan fingerprint density at radius 2 is 1.91 bits per heavy atom. The molecule has 4 N–H and O–H groups in total. The number of carbonyl (C=O) groups excluding carboxylic acids is 1. The molecule has 126 valence electrons. The Morgan fingerprint density at radius 3 is 2.43 bits per heavy atom. The van der Waals surface area contributed by atoms with Gasteiger partial charge in [0.1, 0.15) is 0 Å². The largest absolute Gasteiger partial charge is 0.392 e. The molecule has 2 bridgehead atoms. The molecule has 3 rings (SSSR count). The van der Waals surface area contributed by atoms with Crippen LogP contribution in [-0.2, 0) is 11.4 Å². The highest BCUT2D eigenvalue weighted by atomic mass is 16.3. The van der Waals surface area contributed by atoms with Gasteiger partial charge in [-0.05, 0) is 43.9 Å². The molecule has 2 saturated heterocycles. The molecule has 0 aliphatic carbocycles. The van der Waals surface area contributed by atoms with E-state index in [1.165, 1.54) is 12.8 Å². The SMILES string of the molecule is CN1C2CCC1CC(NC(=O)[C@H](CN)c1ccc(CO)cc1)C2. The van der Waals surface area contributed by atoms with Crippen LogP contribution in [0.15, 0.2) is 24.3 Å². The van der Waals surface area contributed by atoms with Crippen molar-refractivity contribution in [2.24, 2.45) is 5.73 Å². The van der Waals surface area contributed by atoms with Crippen LogP contribution in [0.5, 0.6) is 0 Å². The van der Waals surface area contributed by atoms with Gasteiger partial charge < -0.3 is 21.1 Å². The van der Waals surface area contributed by atoms with Gasteiger partial charge in [0.2, 0.25) is 5.91 Å². The second-order valence-electron chi connectivity index (χ2n) is 6.92. The number of hydrogen-bond donors (Lipinski definition) is 3. The Hall–Kier alpha value is -1.43. The third-order valence-electron chi connectivity index (χ3n) is 5.56. The molecular weight excluding hydrogens is 290 g/mol. The van der Waals surface area contributed by atoms with Crippen LogP contribution in [0.2, 0.25) is 0 Å². The lowest BCUT2D eigenvalue weighted by Crippen LogP contribution is -2.50. The molecule has 2 aliphatic heterocycles. The van der Waals surface area contributed by atoms with Crippen LogP contribution in [0.1, 0.15) is 42.7 Å². The van der Waals surface area contributed by atoms with Gasteiger partial charge in [0.15, 0.2) is 0 Å². The lowest BCUT2D eigenvalue weighted by molar-refractivity contribution is -0.123. The summed E-state index contributed by atoms with van der Waals surface area (Å²) in [7, 11) is 2.20. The number of aliphatic hydroxyl groups excluding tert-OH is 1. The molecule has 0 radical (unpaired) electrons. The van der Waals surface area contributed by atoms with E-state index in [-0.39, 0.29) is 24.5 Å². The molecule has 0 spiro atoms. The maximum absolute atomic E-state index is 12.7. The van der Waals surface area contributed by atoms with E-state index >= 15 is 0 Å². The highest BCUT2D eigenvalue weighted by Crippen LogP contribution is 2.34. The third kappa shape index (κ3) is 3.42. The van der Waals surface area contributed by atoms with Crippen LogP contribution < -0.4 is 11.1 Å². The Morgan fingerprint density at radius 1 is 1.30 bits per heavy atom. The number of hydrogen-bond acceptors (Lipinski definition) is 4. The maximum Gasteiger partial charge on any atom is 0.229 e. The average molecular weight is 317 g/mol. The minimum atomic E-state index is -0.319. The second kappa shape index (κ2) is 6.99. The summed E-state index contributed by atoms with van der Waals surface area (Å²) in [5.41, 5.74) is 7.61. The molecule has 3 atom stereocenters. The predicted molar refractivity (Wildman–Crippen MR) is 89.9 cm³/mol. The van der Waals surface area contributed by atoms with Crippen LogP contribution in [0.3, 0.4) is 0 Å². The number of fused-ring (bicyclic) bond motifs is 2. The maximum atomic E-state index is 12.7. The molecule has 5 heteroatoms. The summed E-state index contributed by atoms with van der Waals surface area (Å²) in [4.78, 5) is 15.1. The van der Waals surface area contributed by atoms with E-state index in [0.29, 0.717) is 18.6 Å². The monoisotopic (exact) mass is 317 g/mol. The van der Waals surface area contributed by atoms with Gasteiger partial charge in [-0.2, -0.15) is 0 Å². The summed E-state index contributed by atoms with van der Waals surface area (Å²) in [6, 6.07) is 8.96. The summed E-state index contributed by atoms with van der Waals surface area (Å²) >= 11 is 0. The topological polar surface area (TPSA) is 78.6 Å². The fourth-order valence-electron chi connectivity index (χ4n) is 4.08. The number of aliphatic hydroxyl groups is 1. The molecule has 5 nitrogen and oxygen atoms in total. The fraction of sp³-hybridized carbons (Fsp3) is 0.611. The second-order valence-corrected chi connectivity index (χ2v) is 6.92. The Labute approximate surface area is 137 Å². The average Bonchev–Trinajstić information content (AvgIpc) is 2.77. The molecule has 1 amide bonds. The molecule has 0 aromatic heterocycles. The smallest absolute Gasteiger partial charge is 0.229 e. The molecule has 1 aromatic carbocycles. The third-order valence-corrected chi connectivity index (χ3v) is 5.56. The van der Waals surface area contributed by atoms with E-state index in [0.717, 1.165) is 24.0 Å². The number of nitrogens with two attached hydrogens (primary N) is 1. The van der Waals surface area contributed by atoms with Crippen molar-refractivity contribution in [2.45, 2.75) is 56.3 Å². The van der Waals surface area contributed by atoms with Crippen molar-refractivity contribution >= 4 is 5.91 Å². The number of nitrogens with zero attached hydrogens (tertiary/aromatic N) is 1. The fourth-order valence-corrected chi connectivity index (χ4v) is 4.08. The summed E-state index contributed by atoms with van der Waals surface area (Å²) in [5.74, 6) is -0.293. The first-order chi connectivity index (χ1) is 11.1. The van der Waals surface area contributed by atoms with Crippen molar-refractivity contribution in [2.75, 3.05) is 13.6 Å². The molecule has 2 heterocycles. The van der Waals surface area contributed by atoms with Gasteiger partial charge in [-0.3, -0.25) is 4.79 Å². The van der Waals surface area contributed by atoms with E-state index in [4.69, 9.17) is 10.8 Å². The number of nitrogens with one attached hydrogen (secondary N) is 1. The van der Waals surface area contributed by atoms with Crippen molar-refractivity contribution < 1.29 is 9.90 Å². The number of rotatable bonds is 5. The Kier molecular flexibility index (Phi) is 4.99. The van der Waals surface area contributed by atoms with Crippen molar-refractivity contribution in [3.8, 4) is 0 Å². The number of carbonyl (C=O) groups is 1. The van der Waals surface area contributed by atoms with Gasteiger partial charge in [0, 0.05) is 24.7 Å². The van der Waals surface area contributed by atoms with Gasteiger partial charge in [-0.25, -0.2) is 0 Å². The van der Waals surface area contributed by atoms with Crippen LogP contribution in [0, 0.1) is 0 Å².